The van der Waals surface area contributed by atoms with Gasteiger partial charge in [-0.2, -0.15) is 0 Å². The van der Waals surface area contributed by atoms with Gasteiger partial charge in [0.2, 0.25) is 0 Å². The van der Waals surface area contributed by atoms with Gasteiger partial charge in [-0.3, -0.25) is 9.36 Å². The SMILES string of the molecule is Cc1ccc(-n2c(C)c(C)c3c(NC(=O)c4cnsc4C)ncnc32)cc1. The van der Waals surface area contributed by atoms with Crippen LogP contribution in [0.15, 0.2) is 36.8 Å². The number of carbonyl (C=O) groups is 1. The van der Waals surface area contributed by atoms with E-state index in [0.29, 0.717) is 11.4 Å². The van der Waals surface area contributed by atoms with E-state index in [1.54, 1.807) is 6.20 Å². The van der Waals surface area contributed by atoms with E-state index >= 15 is 0 Å². The third-order valence-corrected chi connectivity index (χ3v) is 5.52. The maximum Gasteiger partial charge on any atom is 0.259 e. The van der Waals surface area contributed by atoms with Crippen LogP contribution in [0.4, 0.5) is 5.82 Å². The highest BCUT2D eigenvalue weighted by molar-refractivity contribution is 7.06. The summed E-state index contributed by atoms with van der Waals surface area (Å²) in [4.78, 5) is 22.4. The number of nitrogens with one attached hydrogen (secondary N) is 1. The standard InChI is InChI=1S/C20H19N5OS/c1-11-5-7-15(8-6-11)25-13(3)12(2)17-18(21-10-22-19(17)25)24-20(26)16-9-23-27-14(16)4/h5-10H,1-4H3,(H,21,22,24,26). The van der Waals surface area contributed by atoms with E-state index in [-0.39, 0.29) is 5.91 Å². The second-order valence-corrected chi connectivity index (χ2v) is 7.56. The predicted octanol–water partition coefficient (Wildman–Crippen LogP) is 4.36. The minimum absolute atomic E-state index is 0.207. The summed E-state index contributed by atoms with van der Waals surface area (Å²) in [5.41, 5.74) is 5.69. The van der Waals surface area contributed by atoms with Gasteiger partial charge in [-0.25, -0.2) is 14.3 Å². The number of hydrogen-bond donors (Lipinski definition) is 1. The number of benzene rings is 1. The van der Waals surface area contributed by atoms with Gasteiger partial charge < -0.3 is 5.32 Å². The molecule has 0 saturated heterocycles. The minimum Gasteiger partial charge on any atom is -0.306 e. The maximum absolute atomic E-state index is 12.6. The molecule has 3 heterocycles. The molecule has 0 radical (unpaired) electrons. The molecule has 1 N–H and O–H groups in total. The van der Waals surface area contributed by atoms with Gasteiger partial charge in [0.15, 0.2) is 5.65 Å². The molecular weight excluding hydrogens is 358 g/mol. The van der Waals surface area contributed by atoms with Crippen LogP contribution in [0.2, 0.25) is 0 Å². The lowest BCUT2D eigenvalue weighted by Crippen LogP contribution is -2.13. The van der Waals surface area contributed by atoms with Crippen LogP contribution in [-0.2, 0) is 0 Å². The van der Waals surface area contributed by atoms with E-state index in [4.69, 9.17) is 0 Å². The number of amides is 1. The van der Waals surface area contributed by atoms with Crippen molar-refractivity contribution in [3.63, 3.8) is 0 Å². The number of carbonyl (C=O) groups excluding carboxylic acids is 1. The predicted molar refractivity (Wildman–Crippen MR) is 108 cm³/mol. The van der Waals surface area contributed by atoms with Crippen molar-refractivity contribution in [1.29, 1.82) is 0 Å². The molecule has 0 aliphatic carbocycles. The Morgan fingerprint density at radius 1 is 1.07 bits per heavy atom. The molecule has 0 atom stereocenters. The summed E-state index contributed by atoms with van der Waals surface area (Å²) < 4.78 is 6.17. The molecule has 136 valence electrons. The fourth-order valence-corrected chi connectivity index (χ4v) is 3.75. The molecule has 3 aromatic heterocycles. The van der Waals surface area contributed by atoms with Gasteiger partial charge >= 0.3 is 0 Å². The van der Waals surface area contributed by atoms with Crippen LogP contribution in [0, 0.1) is 27.7 Å². The molecule has 0 bridgehead atoms. The summed E-state index contributed by atoms with van der Waals surface area (Å²) in [5, 5.41) is 3.79. The van der Waals surface area contributed by atoms with E-state index in [1.165, 1.54) is 23.4 Å². The molecule has 4 aromatic rings. The van der Waals surface area contributed by atoms with Crippen LogP contribution >= 0.6 is 11.5 Å². The van der Waals surface area contributed by atoms with E-state index < -0.39 is 0 Å². The summed E-state index contributed by atoms with van der Waals surface area (Å²) in [6, 6.07) is 8.29. The lowest BCUT2D eigenvalue weighted by atomic mass is 10.2. The molecule has 27 heavy (non-hydrogen) atoms. The third kappa shape index (κ3) is 2.90. The Kier molecular flexibility index (Phi) is 4.24. The number of hydrogen-bond acceptors (Lipinski definition) is 5. The molecule has 0 spiro atoms. The summed E-state index contributed by atoms with van der Waals surface area (Å²) in [7, 11) is 0. The number of aryl methyl sites for hydroxylation is 3. The molecule has 4 rings (SSSR count). The average Bonchev–Trinajstić information content (AvgIpc) is 3.19. The number of aromatic nitrogens is 4. The highest BCUT2D eigenvalue weighted by Gasteiger charge is 2.20. The largest absolute Gasteiger partial charge is 0.306 e. The van der Waals surface area contributed by atoms with Crippen molar-refractivity contribution in [2.24, 2.45) is 0 Å². The number of anilines is 1. The molecule has 0 aliphatic heterocycles. The summed E-state index contributed by atoms with van der Waals surface area (Å²) in [6.45, 7) is 8.02. The van der Waals surface area contributed by atoms with Gasteiger partial charge in [-0.15, -0.1) is 0 Å². The average molecular weight is 377 g/mol. The lowest BCUT2D eigenvalue weighted by Gasteiger charge is -2.09. The first-order chi connectivity index (χ1) is 13.0. The second kappa shape index (κ2) is 6.59. The second-order valence-electron chi connectivity index (χ2n) is 6.55. The summed E-state index contributed by atoms with van der Waals surface area (Å²) >= 11 is 1.31. The zero-order valence-electron chi connectivity index (χ0n) is 15.6. The maximum atomic E-state index is 12.6. The zero-order valence-corrected chi connectivity index (χ0v) is 16.4. The molecule has 1 amide bonds. The van der Waals surface area contributed by atoms with Crippen LogP contribution in [0.5, 0.6) is 0 Å². The molecule has 0 fully saturated rings. The first-order valence-electron chi connectivity index (χ1n) is 8.59. The Morgan fingerprint density at radius 3 is 2.48 bits per heavy atom. The quantitative estimate of drug-likeness (QED) is 0.576. The van der Waals surface area contributed by atoms with Crippen molar-refractivity contribution in [3.05, 3.63) is 64.1 Å². The first-order valence-corrected chi connectivity index (χ1v) is 9.37. The van der Waals surface area contributed by atoms with Gasteiger partial charge in [0, 0.05) is 16.3 Å². The van der Waals surface area contributed by atoms with Crippen LogP contribution in [-0.4, -0.2) is 24.8 Å². The fourth-order valence-electron chi connectivity index (χ4n) is 3.19. The Balaban J connectivity index is 1.85. The molecule has 0 aliphatic rings. The van der Waals surface area contributed by atoms with Crippen LogP contribution in [0.25, 0.3) is 16.7 Å². The number of rotatable bonds is 3. The highest BCUT2D eigenvalue weighted by Crippen LogP contribution is 2.31. The van der Waals surface area contributed by atoms with E-state index in [9.17, 15) is 4.79 Å². The van der Waals surface area contributed by atoms with Crippen LogP contribution < -0.4 is 5.32 Å². The van der Waals surface area contributed by atoms with E-state index in [2.05, 4.69) is 62.3 Å². The van der Waals surface area contributed by atoms with Crippen LogP contribution in [0.3, 0.4) is 0 Å². The van der Waals surface area contributed by atoms with Gasteiger partial charge in [0.1, 0.15) is 12.1 Å². The highest BCUT2D eigenvalue weighted by atomic mass is 32.1. The Bertz CT molecular complexity index is 1160. The molecule has 7 heteroatoms. The van der Waals surface area contributed by atoms with Crippen molar-refractivity contribution in [2.45, 2.75) is 27.7 Å². The van der Waals surface area contributed by atoms with Gasteiger partial charge in [-0.1, -0.05) is 17.7 Å². The number of nitrogens with zero attached hydrogens (tertiary/aromatic N) is 4. The zero-order chi connectivity index (χ0) is 19.1. The minimum atomic E-state index is -0.207. The van der Waals surface area contributed by atoms with Gasteiger partial charge in [0.25, 0.3) is 5.91 Å². The lowest BCUT2D eigenvalue weighted by molar-refractivity contribution is 0.102. The Hall–Kier alpha value is -3.06. The fraction of sp³-hybridized carbons (Fsp3) is 0.200. The summed E-state index contributed by atoms with van der Waals surface area (Å²) in [5.74, 6) is 0.309. The monoisotopic (exact) mass is 377 g/mol. The molecule has 0 unspecified atom stereocenters. The molecule has 0 saturated carbocycles. The van der Waals surface area contributed by atoms with Crippen molar-refractivity contribution < 1.29 is 4.79 Å². The van der Waals surface area contributed by atoms with Gasteiger partial charge in [-0.05, 0) is 56.9 Å². The molecule has 6 nitrogen and oxygen atoms in total. The first kappa shape index (κ1) is 17.4. The van der Waals surface area contributed by atoms with Crippen molar-refractivity contribution in [3.8, 4) is 5.69 Å². The van der Waals surface area contributed by atoms with Gasteiger partial charge in [0.05, 0.1) is 17.1 Å². The van der Waals surface area contributed by atoms with Crippen molar-refractivity contribution in [2.75, 3.05) is 5.32 Å². The Morgan fingerprint density at radius 2 is 1.81 bits per heavy atom. The van der Waals surface area contributed by atoms with E-state index in [0.717, 1.165) is 32.9 Å². The Labute approximate surface area is 161 Å². The number of fused-ring (bicyclic) bond motifs is 1. The molecule has 1 aromatic carbocycles. The third-order valence-electron chi connectivity index (χ3n) is 4.81. The normalized spacial score (nSPS) is 11.1. The van der Waals surface area contributed by atoms with E-state index in [1.807, 2.05) is 13.8 Å². The van der Waals surface area contributed by atoms with Crippen LogP contribution in [0.1, 0.15) is 32.1 Å². The van der Waals surface area contributed by atoms with Crippen molar-refractivity contribution >= 4 is 34.3 Å². The van der Waals surface area contributed by atoms with Crippen molar-refractivity contribution in [1.82, 2.24) is 18.9 Å². The molecular formula is C20H19N5OS. The smallest absolute Gasteiger partial charge is 0.259 e. The summed E-state index contributed by atoms with van der Waals surface area (Å²) in [6.07, 6.45) is 3.07. The topological polar surface area (TPSA) is 72.7 Å².